The number of phenols is 2. The number of carbonyl (C=O) groups is 1. The van der Waals surface area contributed by atoms with Gasteiger partial charge in [0, 0.05) is 6.54 Å². The number of benzene rings is 1. The molecule has 3 N–H and O–H groups in total. The third kappa shape index (κ3) is 1.33. The van der Waals surface area contributed by atoms with E-state index in [9.17, 15) is 15.0 Å². The van der Waals surface area contributed by atoms with E-state index in [0.29, 0.717) is 24.1 Å². The number of rotatable bonds is 0. The second-order valence-electron chi connectivity index (χ2n) is 3.50. The molecule has 0 saturated heterocycles. The van der Waals surface area contributed by atoms with E-state index in [4.69, 9.17) is 11.6 Å². The van der Waals surface area contributed by atoms with Crippen LogP contribution >= 0.6 is 11.6 Å². The van der Waals surface area contributed by atoms with Crippen molar-refractivity contribution in [2.75, 3.05) is 6.54 Å². The van der Waals surface area contributed by atoms with Gasteiger partial charge in [-0.3, -0.25) is 4.79 Å². The largest absolute Gasteiger partial charge is 0.504 e. The van der Waals surface area contributed by atoms with E-state index < -0.39 is 5.75 Å². The van der Waals surface area contributed by atoms with E-state index >= 15 is 0 Å². The van der Waals surface area contributed by atoms with Crippen molar-refractivity contribution >= 4 is 17.5 Å². The zero-order chi connectivity index (χ0) is 11.2. The maximum Gasteiger partial charge on any atom is 0.253 e. The number of nitrogens with one attached hydrogen (secondary N) is 1. The smallest absolute Gasteiger partial charge is 0.253 e. The lowest BCUT2D eigenvalue weighted by atomic mass is 9.94. The van der Waals surface area contributed by atoms with E-state index in [1.54, 1.807) is 6.92 Å². The molecule has 1 aliphatic rings. The van der Waals surface area contributed by atoms with Crippen LogP contribution in [0.3, 0.4) is 0 Å². The van der Waals surface area contributed by atoms with Crippen LogP contribution in [0.5, 0.6) is 11.5 Å². The molecule has 0 bridgehead atoms. The van der Waals surface area contributed by atoms with E-state index in [1.165, 1.54) is 0 Å². The van der Waals surface area contributed by atoms with Crippen LogP contribution in [-0.4, -0.2) is 22.7 Å². The molecule has 2 rings (SSSR count). The molecular weight excluding hydrogens is 218 g/mol. The quantitative estimate of drug-likeness (QED) is 0.586. The van der Waals surface area contributed by atoms with Gasteiger partial charge in [0.05, 0.1) is 10.6 Å². The van der Waals surface area contributed by atoms with Gasteiger partial charge in [-0.25, -0.2) is 0 Å². The molecular formula is C10H10ClNO3. The van der Waals surface area contributed by atoms with Crippen molar-refractivity contribution in [1.82, 2.24) is 5.32 Å². The number of carbonyl (C=O) groups excluding carboxylic acids is 1. The van der Waals surface area contributed by atoms with Gasteiger partial charge in [0.15, 0.2) is 11.5 Å². The molecule has 1 amide bonds. The Bertz CT molecular complexity index is 457. The van der Waals surface area contributed by atoms with Crippen molar-refractivity contribution in [1.29, 1.82) is 0 Å². The number of amides is 1. The first-order valence-corrected chi connectivity index (χ1v) is 4.93. The Kier molecular flexibility index (Phi) is 2.23. The molecule has 0 aliphatic carbocycles. The summed E-state index contributed by atoms with van der Waals surface area (Å²) < 4.78 is 0. The van der Waals surface area contributed by atoms with Crippen molar-refractivity contribution < 1.29 is 15.0 Å². The number of halogens is 1. The minimum atomic E-state index is -0.426. The van der Waals surface area contributed by atoms with Crippen molar-refractivity contribution in [3.05, 3.63) is 21.7 Å². The van der Waals surface area contributed by atoms with Crippen LogP contribution in [0.15, 0.2) is 0 Å². The Hall–Kier alpha value is -1.42. The molecule has 1 heterocycles. The van der Waals surface area contributed by atoms with Gasteiger partial charge in [0.25, 0.3) is 5.91 Å². The zero-order valence-corrected chi connectivity index (χ0v) is 8.85. The molecule has 0 spiro atoms. The predicted octanol–water partition coefficient (Wildman–Crippen LogP) is 1.35. The van der Waals surface area contributed by atoms with Crippen LogP contribution in [0.2, 0.25) is 5.02 Å². The van der Waals surface area contributed by atoms with Gasteiger partial charge in [-0.15, -0.1) is 0 Å². The second-order valence-corrected chi connectivity index (χ2v) is 3.87. The fourth-order valence-corrected chi connectivity index (χ4v) is 2.09. The first kappa shape index (κ1) is 10.1. The summed E-state index contributed by atoms with van der Waals surface area (Å²) in [6.45, 7) is 2.18. The van der Waals surface area contributed by atoms with Gasteiger partial charge < -0.3 is 15.5 Å². The minimum absolute atomic E-state index is 0.0784. The van der Waals surface area contributed by atoms with Gasteiger partial charge in [-0.05, 0) is 24.5 Å². The van der Waals surface area contributed by atoms with Gasteiger partial charge in [0.1, 0.15) is 0 Å². The first-order chi connectivity index (χ1) is 7.04. The molecule has 0 atom stereocenters. The second kappa shape index (κ2) is 3.31. The van der Waals surface area contributed by atoms with Crippen LogP contribution in [0.25, 0.3) is 0 Å². The summed E-state index contributed by atoms with van der Waals surface area (Å²) in [5.74, 6) is -0.974. The molecule has 1 aromatic rings. The lowest BCUT2D eigenvalue weighted by molar-refractivity contribution is 0.0945. The van der Waals surface area contributed by atoms with Gasteiger partial charge in [-0.1, -0.05) is 11.6 Å². The summed E-state index contributed by atoms with van der Waals surface area (Å²) in [6, 6.07) is 0. The molecule has 1 aromatic carbocycles. The highest BCUT2D eigenvalue weighted by Gasteiger charge is 2.27. The lowest BCUT2D eigenvalue weighted by Gasteiger charge is -2.21. The molecule has 0 unspecified atom stereocenters. The predicted molar refractivity (Wildman–Crippen MR) is 55.6 cm³/mol. The summed E-state index contributed by atoms with van der Waals surface area (Å²) in [7, 11) is 0. The Morgan fingerprint density at radius 3 is 2.67 bits per heavy atom. The highest BCUT2D eigenvalue weighted by atomic mass is 35.5. The fraction of sp³-hybridized carbons (Fsp3) is 0.300. The van der Waals surface area contributed by atoms with Crippen molar-refractivity contribution in [2.24, 2.45) is 0 Å². The first-order valence-electron chi connectivity index (χ1n) is 4.55. The van der Waals surface area contributed by atoms with Crippen LogP contribution in [0, 0.1) is 6.92 Å². The zero-order valence-electron chi connectivity index (χ0n) is 8.09. The van der Waals surface area contributed by atoms with Crippen molar-refractivity contribution in [3.63, 3.8) is 0 Å². The van der Waals surface area contributed by atoms with Crippen LogP contribution in [0.4, 0.5) is 0 Å². The molecule has 4 nitrogen and oxygen atoms in total. The summed E-state index contributed by atoms with van der Waals surface area (Å²) >= 11 is 5.81. The Balaban J connectivity index is 2.80. The van der Waals surface area contributed by atoms with Crippen LogP contribution < -0.4 is 5.32 Å². The van der Waals surface area contributed by atoms with Gasteiger partial charge >= 0.3 is 0 Å². The van der Waals surface area contributed by atoms with E-state index in [2.05, 4.69) is 5.32 Å². The van der Waals surface area contributed by atoms with Gasteiger partial charge in [0.2, 0.25) is 0 Å². The topological polar surface area (TPSA) is 69.6 Å². The molecule has 0 radical (unpaired) electrons. The number of hydrogen-bond donors (Lipinski definition) is 3. The standard InChI is InChI=1S/C10H10ClNO3/c1-4-5-2-3-12-10(15)6(5)7(11)9(14)8(4)13/h13-14H,2-3H2,1H3,(H,12,15). The van der Waals surface area contributed by atoms with Crippen molar-refractivity contribution in [2.45, 2.75) is 13.3 Å². The maximum atomic E-state index is 11.5. The third-order valence-corrected chi connectivity index (χ3v) is 3.02. The van der Waals surface area contributed by atoms with Crippen molar-refractivity contribution in [3.8, 4) is 11.5 Å². The summed E-state index contributed by atoms with van der Waals surface area (Å²) in [6.07, 6.45) is 0.612. The average molecular weight is 228 g/mol. The molecule has 1 aliphatic heterocycles. The van der Waals surface area contributed by atoms with E-state index in [0.717, 1.165) is 0 Å². The number of aromatic hydroxyl groups is 2. The maximum absolute atomic E-state index is 11.5. The Labute approximate surface area is 91.5 Å². The highest BCUT2D eigenvalue weighted by Crippen LogP contribution is 2.42. The monoisotopic (exact) mass is 227 g/mol. The molecule has 80 valence electrons. The summed E-state index contributed by atoms with van der Waals surface area (Å²) in [5, 5.41) is 21.6. The molecule has 0 aromatic heterocycles. The Morgan fingerprint density at radius 1 is 1.33 bits per heavy atom. The minimum Gasteiger partial charge on any atom is -0.504 e. The molecule has 0 fully saturated rings. The Morgan fingerprint density at radius 2 is 2.00 bits per heavy atom. The van der Waals surface area contributed by atoms with E-state index in [-0.39, 0.29) is 22.2 Å². The number of hydrogen-bond acceptors (Lipinski definition) is 3. The average Bonchev–Trinajstić information content (AvgIpc) is 2.23. The van der Waals surface area contributed by atoms with Crippen LogP contribution in [0.1, 0.15) is 21.5 Å². The van der Waals surface area contributed by atoms with E-state index in [1.807, 2.05) is 0 Å². The normalized spacial score (nSPS) is 14.7. The lowest BCUT2D eigenvalue weighted by Crippen LogP contribution is -2.32. The third-order valence-electron chi connectivity index (χ3n) is 2.65. The van der Waals surface area contributed by atoms with Gasteiger partial charge in [-0.2, -0.15) is 0 Å². The van der Waals surface area contributed by atoms with Crippen LogP contribution in [-0.2, 0) is 6.42 Å². The number of phenolic OH excluding ortho intramolecular Hbond substituents is 2. The molecule has 5 heteroatoms. The summed E-state index contributed by atoms with van der Waals surface area (Å²) in [4.78, 5) is 11.5. The molecule has 15 heavy (non-hydrogen) atoms. The summed E-state index contributed by atoms with van der Waals surface area (Å²) in [5.41, 5.74) is 1.50. The fourth-order valence-electron chi connectivity index (χ4n) is 1.80. The molecule has 0 saturated carbocycles. The highest BCUT2D eigenvalue weighted by molar-refractivity contribution is 6.36. The SMILES string of the molecule is Cc1c(O)c(O)c(Cl)c2c1CCNC2=O. The number of fused-ring (bicyclic) bond motifs is 1.